The first-order valence-electron chi connectivity index (χ1n) is 9.51. The maximum absolute atomic E-state index is 13.3. The monoisotopic (exact) mass is 436 g/mol. The summed E-state index contributed by atoms with van der Waals surface area (Å²) in [7, 11) is 0. The van der Waals surface area contributed by atoms with Crippen LogP contribution >= 0.6 is 11.3 Å². The zero-order valence-electron chi connectivity index (χ0n) is 15.9. The highest BCUT2D eigenvalue weighted by Gasteiger charge is 2.39. The van der Waals surface area contributed by atoms with Crippen molar-refractivity contribution >= 4 is 22.4 Å². The van der Waals surface area contributed by atoms with Crippen molar-refractivity contribution in [1.82, 2.24) is 14.8 Å². The van der Waals surface area contributed by atoms with E-state index in [1.54, 1.807) is 35.8 Å². The summed E-state index contributed by atoms with van der Waals surface area (Å²) in [4.78, 5) is 16.2. The zero-order valence-corrected chi connectivity index (χ0v) is 16.7. The molecule has 1 N–H and O–H groups in total. The number of alkyl halides is 3. The molecule has 10 heteroatoms. The van der Waals surface area contributed by atoms with Gasteiger partial charge >= 0.3 is 6.18 Å². The SMILES string of the molecule is O=C(Nc1nccs1)c1ccc(OCCn2nc(C(F)(F)F)c3c2CCCC3)cc1. The van der Waals surface area contributed by atoms with E-state index in [0.717, 1.165) is 12.8 Å². The number of thiazole rings is 1. The highest BCUT2D eigenvalue weighted by molar-refractivity contribution is 7.13. The summed E-state index contributed by atoms with van der Waals surface area (Å²) in [6.07, 6.45) is -0.215. The number of carbonyl (C=O) groups is 1. The summed E-state index contributed by atoms with van der Waals surface area (Å²) < 4.78 is 46.8. The third-order valence-electron chi connectivity index (χ3n) is 4.87. The van der Waals surface area contributed by atoms with E-state index in [9.17, 15) is 18.0 Å². The van der Waals surface area contributed by atoms with Crippen LogP contribution in [-0.2, 0) is 25.6 Å². The van der Waals surface area contributed by atoms with Gasteiger partial charge in [0, 0.05) is 28.4 Å². The molecule has 6 nitrogen and oxygen atoms in total. The average molecular weight is 436 g/mol. The molecule has 1 aromatic carbocycles. The summed E-state index contributed by atoms with van der Waals surface area (Å²) in [6.45, 7) is 0.404. The maximum atomic E-state index is 13.3. The van der Waals surface area contributed by atoms with Crippen molar-refractivity contribution in [2.24, 2.45) is 0 Å². The lowest BCUT2D eigenvalue weighted by Gasteiger charge is -2.15. The van der Waals surface area contributed by atoms with E-state index in [2.05, 4.69) is 15.4 Å². The summed E-state index contributed by atoms with van der Waals surface area (Å²) in [5.74, 6) is 0.247. The van der Waals surface area contributed by atoms with Gasteiger partial charge in [-0.1, -0.05) is 0 Å². The number of rotatable bonds is 6. The van der Waals surface area contributed by atoms with Gasteiger partial charge in [-0.2, -0.15) is 18.3 Å². The number of hydrogen-bond donors (Lipinski definition) is 1. The summed E-state index contributed by atoms with van der Waals surface area (Å²) in [5, 5.41) is 8.79. The van der Waals surface area contributed by atoms with Crippen LogP contribution in [0.2, 0.25) is 0 Å². The third-order valence-corrected chi connectivity index (χ3v) is 5.55. The standard InChI is InChI=1S/C20H19F3N4O2S/c21-20(22,23)17-15-3-1-2-4-16(15)27(26-17)10-11-29-14-7-5-13(6-8-14)18(28)25-19-24-9-12-30-19/h5-9,12H,1-4,10-11H2,(H,24,25,28). The van der Waals surface area contributed by atoms with Gasteiger partial charge in [0.1, 0.15) is 12.4 Å². The molecule has 2 heterocycles. The van der Waals surface area contributed by atoms with Crippen LogP contribution in [0.5, 0.6) is 5.75 Å². The number of fused-ring (bicyclic) bond motifs is 1. The lowest BCUT2D eigenvalue weighted by molar-refractivity contribution is -0.142. The average Bonchev–Trinajstić information content (AvgIpc) is 3.36. The molecule has 1 aliphatic carbocycles. The van der Waals surface area contributed by atoms with Crippen molar-refractivity contribution in [3.05, 3.63) is 58.4 Å². The van der Waals surface area contributed by atoms with Crippen molar-refractivity contribution in [1.29, 1.82) is 0 Å². The number of halogens is 3. The Morgan fingerprint density at radius 2 is 1.97 bits per heavy atom. The van der Waals surface area contributed by atoms with Gasteiger partial charge in [-0.25, -0.2) is 4.98 Å². The van der Waals surface area contributed by atoms with Gasteiger partial charge in [0.25, 0.3) is 5.91 Å². The van der Waals surface area contributed by atoms with Gasteiger partial charge in [0.15, 0.2) is 10.8 Å². The lowest BCUT2D eigenvalue weighted by Crippen LogP contribution is -2.14. The fourth-order valence-corrected chi connectivity index (χ4v) is 4.01. The summed E-state index contributed by atoms with van der Waals surface area (Å²) in [5.41, 5.74) is 0.664. The van der Waals surface area contributed by atoms with Crippen LogP contribution in [0.15, 0.2) is 35.8 Å². The maximum Gasteiger partial charge on any atom is 0.435 e. The van der Waals surface area contributed by atoms with Crippen LogP contribution in [0.3, 0.4) is 0 Å². The molecule has 0 radical (unpaired) electrons. The first-order valence-corrected chi connectivity index (χ1v) is 10.4. The second-order valence-corrected chi connectivity index (χ2v) is 7.76. The van der Waals surface area contributed by atoms with E-state index in [1.807, 2.05) is 0 Å². The van der Waals surface area contributed by atoms with Gasteiger partial charge in [-0.05, 0) is 49.9 Å². The molecule has 0 bridgehead atoms. The first kappa shape index (κ1) is 20.4. The molecule has 1 amide bonds. The van der Waals surface area contributed by atoms with E-state index in [4.69, 9.17) is 4.74 Å². The van der Waals surface area contributed by atoms with Gasteiger partial charge < -0.3 is 4.74 Å². The molecule has 0 aliphatic heterocycles. The number of benzene rings is 1. The topological polar surface area (TPSA) is 69.0 Å². The van der Waals surface area contributed by atoms with E-state index in [0.29, 0.717) is 40.5 Å². The van der Waals surface area contributed by atoms with Crippen molar-refractivity contribution in [2.75, 3.05) is 11.9 Å². The number of nitrogens with zero attached hydrogens (tertiary/aromatic N) is 3. The Morgan fingerprint density at radius 1 is 1.20 bits per heavy atom. The predicted octanol–water partition coefficient (Wildman–Crippen LogP) is 4.57. The van der Waals surface area contributed by atoms with Crippen LogP contribution < -0.4 is 10.1 Å². The molecule has 1 aliphatic rings. The minimum Gasteiger partial charge on any atom is -0.492 e. The zero-order chi connectivity index (χ0) is 21.1. The molecule has 3 aromatic rings. The van der Waals surface area contributed by atoms with Gasteiger partial charge in [0.05, 0.1) is 6.54 Å². The van der Waals surface area contributed by atoms with Gasteiger partial charge in [-0.15, -0.1) is 11.3 Å². The molecule has 0 unspecified atom stereocenters. The van der Waals surface area contributed by atoms with Crippen molar-refractivity contribution in [3.63, 3.8) is 0 Å². The van der Waals surface area contributed by atoms with Crippen molar-refractivity contribution in [2.45, 2.75) is 38.4 Å². The van der Waals surface area contributed by atoms with Crippen LogP contribution in [0.25, 0.3) is 0 Å². The Bertz CT molecular complexity index is 1010. The molecule has 30 heavy (non-hydrogen) atoms. The molecule has 4 rings (SSSR count). The Kier molecular flexibility index (Phi) is 5.76. The number of nitrogens with one attached hydrogen (secondary N) is 1. The molecule has 0 fully saturated rings. The molecular formula is C20H19F3N4O2S. The quantitative estimate of drug-likeness (QED) is 0.615. The number of amides is 1. The Labute approximate surface area is 174 Å². The smallest absolute Gasteiger partial charge is 0.435 e. The van der Waals surface area contributed by atoms with Crippen LogP contribution in [0, 0.1) is 0 Å². The Balaban J connectivity index is 1.37. The number of ether oxygens (including phenoxy) is 1. The second-order valence-electron chi connectivity index (χ2n) is 6.87. The largest absolute Gasteiger partial charge is 0.492 e. The van der Waals surface area contributed by atoms with Gasteiger partial charge in [0.2, 0.25) is 0 Å². The van der Waals surface area contributed by atoms with Gasteiger partial charge in [-0.3, -0.25) is 14.8 Å². The highest BCUT2D eigenvalue weighted by Crippen LogP contribution is 2.35. The second kappa shape index (κ2) is 8.47. The number of anilines is 1. The van der Waals surface area contributed by atoms with Crippen LogP contribution in [-0.4, -0.2) is 27.3 Å². The number of hydrogen-bond acceptors (Lipinski definition) is 5. The van der Waals surface area contributed by atoms with Crippen molar-refractivity contribution < 1.29 is 22.7 Å². The first-order chi connectivity index (χ1) is 14.4. The fourth-order valence-electron chi connectivity index (χ4n) is 3.49. The lowest BCUT2D eigenvalue weighted by atomic mass is 9.95. The minimum absolute atomic E-state index is 0.177. The molecule has 0 atom stereocenters. The number of carbonyl (C=O) groups excluding carboxylic acids is 1. The molecule has 0 saturated heterocycles. The fraction of sp³-hybridized carbons (Fsp3) is 0.350. The molecule has 0 spiro atoms. The molecule has 0 saturated carbocycles. The van der Waals surface area contributed by atoms with Crippen LogP contribution in [0.4, 0.5) is 18.3 Å². The summed E-state index contributed by atoms with van der Waals surface area (Å²) in [6, 6.07) is 6.54. The highest BCUT2D eigenvalue weighted by atomic mass is 32.1. The van der Waals surface area contributed by atoms with E-state index < -0.39 is 11.9 Å². The molecule has 2 aromatic heterocycles. The van der Waals surface area contributed by atoms with E-state index in [1.165, 1.54) is 16.0 Å². The van der Waals surface area contributed by atoms with Crippen LogP contribution in [0.1, 0.15) is 40.2 Å². The number of aromatic nitrogens is 3. The molecular weight excluding hydrogens is 417 g/mol. The minimum atomic E-state index is -4.44. The van der Waals surface area contributed by atoms with E-state index >= 15 is 0 Å². The predicted molar refractivity (Wildman–Crippen MR) is 106 cm³/mol. The van der Waals surface area contributed by atoms with Crippen molar-refractivity contribution in [3.8, 4) is 5.75 Å². The molecule has 158 valence electrons. The summed E-state index contributed by atoms with van der Waals surface area (Å²) >= 11 is 1.32. The Morgan fingerprint density at radius 3 is 2.67 bits per heavy atom. The third kappa shape index (κ3) is 4.48. The Hall–Kier alpha value is -2.88. The van der Waals surface area contributed by atoms with E-state index in [-0.39, 0.29) is 19.1 Å². The normalized spacial score (nSPS) is 13.7.